The maximum absolute atomic E-state index is 14.5. The molecule has 2 fully saturated rings. The second kappa shape index (κ2) is 6.37. The molecule has 1 aromatic carbocycles. The predicted octanol–water partition coefficient (Wildman–Crippen LogP) is 2.57. The van der Waals surface area contributed by atoms with E-state index in [4.69, 9.17) is 0 Å². The average Bonchev–Trinajstić information content (AvgIpc) is 3.34. The molecule has 3 rings (SSSR count). The van der Waals surface area contributed by atoms with Crippen LogP contribution >= 0.6 is 0 Å². The zero-order valence-electron chi connectivity index (χ0n) is 13.4. The molecule has 0 aromatic heterocycles. The first kappa shape index (κ1) is 16.7. The number of nitrogens with one attached hydrogen (secondary N) is 1. The summed E-state index contributed by atoms with van der Waals surface area (Å²) in [5.74, 6) is -0.979. The number of methoxy groups -OCH3 is 1. The maximum Gasteiger partial charge on any atom is 0.345 e. The van der Waals surface area contributed by atoms with Gasteiger partial charge in [-0.25, -0.2) is 18.4 Å². The van der Waals surface area contributed by atoms with E-state index in [0.29, 0.717) is 5.92 Å². The van der Waals surface area contributed by atoms with Crippen molar-refractivity contribution in [2.24, 2.45) is 5.92 Å². The number of likely N-dealkylation sites (tertiary alicyclic amines) is 1. The highest BCUT2D eigenvalue weighted by Crippen LogP contribution is 2.41. The first-order valence-electron chi connectivity index (χ1n) is 8.01. The minimum Gasteiger partial charge on any atom is -0.467 e. The molecule has 130 valence electrons. The summed E-state index contributed by atoms with van der Waals surface area (Å²) < 4.78 is 32.0. The Balaban J connectivity index is 1.67. The summed E-state index contributed by atoms with van der Waals surface area (Å²) in [4.78, 5) is 25.2. The number of ether oxygens (including phenoxy) is 1. The Labute approximate surface area is 139 Å². The zero-order valence-corrected chi connectivity index (χ0v) is 13.4. The number of hydrogen-bond donors (Lipinski definition) is 1. The van der Waals surface area contributed by atoms with Crippen molar-refractivity contribution < 1.29 is 23.1 Å². The summed E-state index contributed by atoms with van der Waals surface area (Å²) in [7, 11) is 1.13. The van der Waals surface area contributed by atoms with Gasteiger partial charge in [-0.1, -0.05) is 12.1 Å². The van der Waals surface area contributed by atoms with Gasteiger partial charge >= 0.3 is 12.0 Å². The number of alkyl halides is 1. The topological polar surface area (TPSA) is 58.6 Å². The molecule has 1 N–H and O–H groups in total. The van der Waals surface area contributed by atoms with Gasteiger partial charge in [-0.3, -0.25) is 0 Å². The fraction of sp³-hybridized carbons (Fsp3) is 0.529. The Hall–Kier alpha value is -2.18. The van der Waals surface area contributed by atoms with Gasteiger partial charge in [-0.2, -0.15) is 0 Å². The van der Waals surface area contributed by atoms with Gasteiger partial charge in [0.05, 0.1) is 19.7 Å². The van der Waals surface area contributed by atoms with Gasteiger partial charge in [0.15, 0.2) is 0 Å². The van der Waals surface area contributed by atoms with Crippen LogP contribution in [0.25, 0.3) is 0 Å². The van der Waals surface area contributed by atoms with E-state index in [1.165, 1.54) is 17.0 Å². The average molecular weight is 338 g/mol. The van der Waals surface area contributed by atoms with E-state index in [1.807, 2.05) is 0 Å². The summed E-state index contributed by atoms with van der Waals surface area (Å²) in [5, 5.41) is 2.90. The van der Waals surface area contributed by atoms with Crippen LogP contribution in [0.3, 0.4) is 0 Å². The highest BCUT2D eigenvalue weighted by molar-refractivity contribution is 5.83. The van der Waals surface area contributed by atoms with E-state index >= 15 is 0 Å². The standard InChI is InChI=1S/C17H20F2N2O3/c1-24-15(22)17(19)8-9-21(10-17)16(23)20-14(11-2-3-11)12-4-6-13(18)7-5-12/h4-7,11,14H,2-3,8-10H2,1H3,(H,20,23)/t14-,17-/m1/s1. The quantitative estimate of drug-likeness (QED) is 0.859. The lowest BCUT2D eigenvalue weighted by Gasteiger charge is -2.24. The third kappa shape index (κ3) is 3.34. The highest BCUT2D eigenvalue weighted by Gasteiger charge is 2.48. The van der Waals surface area contributed by atoms with Gasteiger partial charge in [-0.15, -0.1) is 0 Å². The lowest BCUT2D eigenvalue weighted by molar-refractivity contribution is -0.153. The molecule has 24 heavy (non-hydrogen) atoms. The van der Waals surface area contributed by atoms with Crippen molar-refractivity contribution in [3.8, 4) is 0 Å². The molecule has 2 atom stereocenters. The molecule has 1 saturated carbocycles. The third-order valence-electron chi connectivity index (χ3n) is 4.66. The van der Waals surface area contributed by atoms with Crippen LogP contribution in [0.1, 0.15) is 30.9 Å². The minimum atomic E-state index is -2.14. The van der Waals surface area contributed by atoms with E-state index in [0.717, 1.165) is 25.5 Å². The number of esters is 1. The summed E-state index contributed by atoms with van der Waals surface area (Å²) in [6.07, 6.45) is 1.90. The van der Waals surface area contributed by atoms with Gasteiger partial charge in [0.1, 0.15) is 5.82 Å². The smallest absolute Gasteiger partial charge is 0.345 e. The molecule has 0 radical (unpaired) electrons. The molecule has 1 saturated heterocycles. The van der Waals surface area contributed by atoms with Gasteiger partial charge in [0.2, 0.25) is 5.67 Å². The predicted molar refractivity (Wildman–Crippen MR) is 82.4 cm³/mol. The van der Waals surface area contributed by atoms with Gasteiger partial charge in [0.25, 0.3) is 0 Å². The number of rotatable bonds is 4. The van der Waals surface area contributed by atoms with Crippen molar-refractivity contribution in [2.75, 3.05) is 20.2 Å². The zero-order chi connectivity index (χ0) is 17.3. The second-order valence-corrected chi connectivity index (χ2v) is 6.44. The van der Waals surface area contributed by atoms with Crippen molar-refractivity contribution in [1.82, 2.24) is 10.2 Å². The molecule has 1 heterocycles. The minimum absolute atomic E-state index is 0.0717. The summed E-state index contributed by atoms with van der Waals surface area (Å²) in [6.45, 7) is -0.162. The Morgan fingerprint density at radius 1 is 1.33 bits per heavy atom. The van der Waals surface area contributed by atoms with Crippen molar-refractivity contribution in [3.63, 3.8) is 0 Å². The molecule has 1 aromatic rings. The normalized spacial score (nSPS) is 24.5. The first-order valence-corrected chi connectivity index (χ1v) is 8.01. The van der Waals surface area contributed by atoms with Crippen LogP contribution in [0.4, 0.5) is 13.6 Å². The number of carbonyl (C=O) groups is 2. The van der Waals surface area contributed by atoms with Crippen LogP contribution in [-0.2, 0) is 9.53 Å². The second-order valence-electron chi connectivity index (χ2n) is 6.44. The number of urea groups is 1. The van der Waals surface area contributed by atoms with E-state index < -0.39 is 17.7 Å². The molecule has 1 aliphatic heterocycles. The molecular weight excluding hydrogens is 318 g/mol. The van der Waals surface area contributed by atoms with Crippen molar-refractivity contribution in [2.45, 2.75) is 31.0 Å². The number of benzene rings is 1. The van der Waals surface area contributed by atoms with Gasteiger partial charge in [-0.05, 0) is 36.5 Å². The molecular formula is C17H20F2N2O3. The van der Waals surface area contributed by atoms with E-state index in [9.17, 15) is 18.4 Å². The fourth-order valence-corrected chi connectivity index (χ4v) is 3.09. The van der Waals surface area contributed by atoms with E-state index in [1.54, 1.807) is 12.1 Å². The van der Waals surface area contributed by atoms with E-state index in [2.05, 4.69) is 10.1 Å². The Morgan fingerprint density at radius 3 is 2.58 bits per heavy atom. The van der Waals surface area contributed by atoms with Crippen LogP contribution in [0.5, 0.6) is 0 Å². The van der Waals surface area contributed by atoms with Crippen LogP contribution in [0.2, 0.25) is 0 Å². The molecule has 0 bridgehead atoms. The molecule has 0 unspecified atom stereocenters. The molecule has 5 nitrogen and oxygen atoms in total. The number of nitrogens with zero attached hydrogens (tertiary/aromatic N) is 1. The lowest BCUT2D eigenvalue weighted by atomic mass is 10.0. The van der Waals surface area contributed by atoms with Crippen LogP contribution in [-0.4, -0.2) is 42.8 Å². The fourth-order valence-electron chi connectivity index (χ4n) is 3.09. The number of amides is 2. The summed E-state index contributed by atoms with van der Waals surface area (Å²) in [6, 6.07) is 5.37. The van der Waals surface area contributed by atoms with Gasteiger partial charge in [0, 0.05) is 13.0 Å². The number of carbonyl (C=O) groups excluding carboxylic acids is 2. The van der Waals surface area contributed by atoms with Crippen LogP contribution in [0.15, 0.2) is 24.3 Å². The number of halogens is 2. The largest absolute Gasteiger partial charge is 0.467 e. The lowest BCUT2D eigenvalue weighted by Crippen LogP contribution is -2.44. The molecule has 2 amide bonds. The highest BCUT2D eigenvalue weighted by atomic mass is 19.1. The first-order chi connectivity index (χ1) is 11.4. The monoisotopic (exact) mass is 338 g/mol. The Kier molecular flexibility index (Phi) is 4.43. The van der Waals surface area contributed by atoms with Crippen molar-refractivity contribution in [1.29, 1.82) is 0 Å². The van der Waals surface area contributed by atoms with Crippen LogP contribution < -0.4 is 5.32 Å². The molecule has 7 heteroatoms. The van der Waals surface area contributed by atoms with Crippen molar-refractivity contribution >= 4 is 12.0 Å². The number of hydrogen-bond acceptors (Lipinski definition) is 3. The van der Waals surface area contributed by atoms with Crippen LogP contribution in [0, 0.1) is 11.7 Å². The maximum atomic E-state index is 14.5. The molecule has 2 aliphatic rings. The Bertz CT molecular complexity index is 633. The summed E-state index contributed by atoms with van der Waals surface area (Å²) >= 11 is 0. The summed E-state index contributed by atoms with van der Waals surface area (Å²) in [5.41, 5.74) is -1.32. The third-order valence-corrected chi connectivity index (χ3v) is 4.66. The van der Waals surface area contributed by atoms with E-state index in [-0.39, 0.29) is 31.4 Å². The van der Waals surface area contributed by atoms with Crippen molar-refractivity contribution in [3.05, 3.63) is 35.6 Å². The Morgan fingerprint density at radius 2 is 2.00 bits per heavy atom. The van der Waals surface area contributed by atoms with Gasteiger partial charge < -0.3 is 15.0 Å². The SMILES string of the molecule is COC(=O)[C@@]1(F)CCN(C(=O)N[C@@H](c2ccc(F)cc2)C2CC2)C1. The molecule has 0 spiro atoms. The molecule has 1 aliphatic carbocycles.